The third-order valence-corrected chi connectivity index (χ3v) is 1.80. The van der Waals surface area contributed by atoms with Crippen LogP contribution in [0.4, 0.5) is 4.79 Å². The number of hydrogen-bond acceptors (Lipinski definition) is 3. The first-order valence-corrected chi connectivity index (χ1v) is 3.89. The molecule has 62 valence electrons. The van der Waals surface area contributed by atoms with Gasteiger partial charge in [-0.15, -0.1) is 0 Å². The Morgan fingerprint density at radius 1 is 1.55 bits per heavy atom. The molecule has 1 aliphatic carbocycles. The Bertz CT molecular complexity index is 161. The minimum absolute atomic E-state index is 0.197. The van der Waals surface area contributed by atoms with Crippen molar-refractivity contribution in [1.82, 2.24) is 4.90 Å². The molecule has 4 nitrogen and oxygen atoms in total. The fourth-order valence-corrected chi connectivity index (χ4v) is 0.961. The van der Waals surface area contributed by atoms with Crippen LogP contribution in [-0.2, 0) is 9.47 Å². The minimum atomic E-state index is -0.218. The van der Waals surface area contributed by atoms with Crippen LogP contribution in [0.25, 0.3) is 0 Å². The molecule has 1 heterocycles. The van der Waals surface area contributed by atoms with E-state index in [0.29, 0.717) is 19.9 Å². The molecule has 1 amide bonds. The molecular formula is C7H11NO3. The van der Waals surface area contributed by atoms with E-state index in [1.54, 1.807) is 4.90 Å². The zero-order valence-electron chi connectivity index (χ0n) is 6.28. The van der Waals surface area contributed by atoms with Gasteiger partial charge in [0.25, 0.3) is 0 Å². The Balaban J connectivity index is 1.77. The largest absolute Gasteiger partial charge is 0.446 e. The molecule has 11 heavy (non-hydrogen) atoms. The first-order valence-electron chi connectivity index (χ1n) is 3.89. The summed E-state index contributed by atoms with van der Waals surface area (Å²) in [5.41, 5.74) is 0. The average molecular weight is 157 g/mol. The van der Waals surface area contributed by atoms with Crippen LogP contribution in [0.15, 0.2) is 0 Å². The molecule has 0 atom stereocenters. The molecular weight excluding hydrogens is 146 g/mol. The van der Waals surface area contributed by atoms with Crippen LogP contribution in [0.2, 0.25) is 0 Å². The highest BCUT2D eigenvalue weighted by atomic mass is 16.6. The maximum atomic E-state index is 11.1. The number of amides is 1. The number of carbonyl (C=O) groups excluding carboxylic acids is 1. The number of rotatable bonds is 1. The molecule has 1 saturated carbocycles. The second kappa shape index (κ2) is 2.70. The van der Waals surface area contributed by atoms with Gasteiger partial charge in [-0.1, -0.05) is 0 Å². The Morgan fingerprint density at radius 2 is 2.36 bits per heavy atom. The Hall–Kier alpha value is -0.770. The first-order chi connectivity index (χ1) is 5.36. The molecule has 0 spiro atoms. The van der Waals surface area contributed by atoms with E-state index >= 15 is 0 Å². The Labute approximate surface area is 65.1 Å². The van der Waals surface area contributed by atoms with Crippen molar-refractivity contribution in [2.45, 2.75) is 18.9 Å². The van der Waals surface area contributed by atoms with E-state index in [1.165, 1.54) is 0 Å². The maximum Gasteiger partial charge on any atom is 0.411 e. The highest BCUT2D eigenvalue weighted by Crippen LogP contribution is 2.24. The Morgan fingerprint density at radius 3 is 2.91 bits per heavy atom. The van der Waals surface area contributed by atoms with Gasteiger partial charge in [-0.25, -0.2) is 4.79 Å². The SMILES string of the molecule is O=C(OC1CC1)N1CCOC1. The third-order valence-electron chi connectivity index (χ3n) is 1.80. The predicted molar refractivity (Wildman–Crippen MR) is 37.0 cm³/mol. The van der Waals surface area contributed by atoms with Crippen LogP contribution >= 0.6 is 0 Å². The van der Waals surface area contributed by atoms with Gasteiger partial charge in [-0.3, -0.25) is 4.90 Å². The van der Waals surface area contributed by atoms with Crippen molar-refractivity contribution in [1.29, 1.82) is 0 Å². The smallest absolute Gasteiger partial charge is 0.411 e. The summed E-state index contributed by atoms with van der Waals surface area (Å²) in [7, 11) is 0. The van der Waals surface area contributed by atoms with Crippen molar-refractivity contribution < 1.29 is 14.3 Å². The minimum Gasteiger partial charge on any atom is -0.446 e. The normalized spacial score (nSPS) is 23.8. The van der Waals surface area contributed by atoms with E-state index in [2.05, 4.69) is 0 Å². The molecule has 0 unspecified atom stereocenters. The topological polar surface area (TPSA) is 38.8 Å². The average Bonchev–Trinajstić information content (AvgIpc) is 2.67. The van der Waals surface area contributed by atoms with Gasteiger partial charge < -0.3 is 9.47 Å². The van der Waals surface area contributed by atoms with Gasteiger partial charge >= 0.3 is 6.09 Å². The monoisotopic (exact) mass is 157 g/mol. The Kier molecular flexibility index (Phi) is 1.69. The molecule has 4 heteroatoms. The van der Waals surface area contributed by atoms with Crippen LogP contribution in [0, 0.1) is 0 Å². The molecule has 1 saturated heterocycles. The van der Waals surface area contributed by atoms with Crippen LogP contribution in [-0.4, -0.2) is 37.0 Å². The second-order valence-electron chi connectivity index (χ2n) is 2.88. The highest BCUT2D eigenvalue weighted by molar-refractivity contribution is 5.68. The summed E-state index contributed by atoms with van der Waals surface area (Å²) >= 11 is 0. The van der Waals surface area contributed by atoms with Crippen molar-refractivity contribution in [2.24, 2.45) is 0 Å². The van der Waals surface area contributed by atoms with Crippen molar-refractivity contribution in [3.8, 4) is 0 Å². The van der Waals surface area contributed by atoms with Crippen molar-refractivity contribution in [2.75, 3.05) is 19.9 Å². The van der Waals surface area contributed by atoms with Crippen molar-refractivity contribution in [3.05, 3.63) is 0 Å². The third kappa shape index (κ3) is 1.63. The van der Waals surface area contributed by atoms with Gasteiger partial charge in [0.2, 0.25) is 0 Å². The number of hydrogen-bond donors (Lipinski definition) is 0. The summed E-state index contributed by atoms with van der Waals surface area (Å²) in [5, 5.41) is 0. The predicted octanol–water partition coefficient (Wildman–Crippen LogP) is 0.575. The molecule has 0 radical (unpaired) electrons. The summed E-state index contributed by atoms with van der Waals surface area (Å²) in [5.74, 6) is 0. The quantitative estimate of drug-likeness (QED) is 0.558. The van der Waals surface area contributed by atoms with Crippen molar-refractivity contribution >= 4 is 6.09 Å². The van der Waals surface area contributed by atoms with Gasteiger partial charge in [-0.2, -0.15) is 0 Å². The summed E-state index contributed by atoms with van der Waals surface area (Å²) in [6.45, 7) is 1.71. The maximum absolute atomic E-state index is 11.1. The van der Waals surface area contributed by atoms with E-state index in [-0.39, 0.29) is 12.2 Å². The van der Waals surface area contributed by atoms with Crippen LogP contribution in [0.3, 0.4) is 0 Å². The lowest BCUT2D eigenvalue weighted by Gasteiger charge is -2.12. The lowest BCUT2D eigenvalue weighted by Crippen LogP contribution is -2.29. The van der Waals surface area contributed by atoms with E-state index in [9.17, 15) is 4.79 Å². The molecule has 2 fully saturated rings. The van der Waals surface area contributed by atoms with E-state index in [4.69, 9.17) is 9.47 Å². The first kappa shape index (κ1) is 6.91. The van der Waals surface area contributed by atoms with E-state index in [0.717, 1.165) is 12.8 Å². The molecule has 2 rings (SSSR count). The molecule has 0 aromatic heterocycles. The van der Waals surface area contributed by atoms with Gasteiger partial charge in [0.1, 0.15) is 12.8 Å². The van der Waals surface area contributed by atoms with Gasteiger partial charge in [0.15, 0.2) is 0 Å². The van der Waals surface area contributed by atoms with Crippen LogP contribution < -0.4 is 0 Å². The van der Waals surface area contributed by atoms with E-state index < -0.39 is 0 Å². The number of nitrogens with zero attached hydrogens (tertiary/aromatic N) is 1. The number of ether oxygens (including phenoxy) is 2. The van der Waals surface area contributed by atoms with Gasteiger partial charge in [0, 0.05) is 6.54 Å². The zero-order valence-corrected chi connectivity index (χ0v) is 6.28. The van der Waals surface area contributed by atoms with Gasteiger partial charge in [-0.05, 0) is 12.8 Å². The van der Waals surface area contributed by atoms with Gasteiger partial charge in [0.05, 0.1) is 6.61 Å². The van der Waals surface area contributed by atoms with Crippen molar-refractivity contribution in [3.63, 3.8) is 0 Å². The van der Waals surface area contributed by atoms with Crippen LogP contribution in [0.1, 0.15) is 12.8 Å². The molecule has 0 aromatic rings. The standard InChI is InChI=1S/C7H11NO3/c9-7(11-6-1-2-6)8-3-4-10-5-8/h6H,1-5H2. The second-order valence-corrected chi connectivity index (χ2v) is 2.88. The molecule has 0 bridgehead atoms. The van der Waals surface area contributed by atoms with Crippen LogP contribution in [0.5, 0.6) is 0 Å². The fraction of sp³-hybridized carbons (Fsp3) is 0.857. The summed E-state index contributed by atoms with van der Waals surface area (Å²) < 4.78 is 10.1. The summed E-state index contributed by atoms with van der Waals surface area (Å²) in [4.78, 5) is 12.7. The summed E-state index contributed by atoms with van der Waals surface area (Å²) in [6.07, 6.45) is 2.04. The lowest BCUT2D eigenvalue weighted by molar-refractivity contribution is 0.0816. The molecule has 0 aromatic carbocycles. The fourth-order valence-electron chi connectivity index (χ4n) is 0.961. The lowest BCUT2D eigenvalue weighted by atomic mass is 10.6. The van der Waals surface area contributed by atoms with E-state index in [1.807, 2.05) is 0 Å². The molecule has 1 aliphatic heterocycles. The zero-order chi connectivity index (χ0) is 7.68. The molecule has 0 N–H and O–H groups in total. The number of carbonyl (C=O) groups is 1. The highest BCUT2D eigenvalue weighted by Gasteiger charge is 2.29. The molecule has 2 aliphatic rings. The summed E-state index contributed by atoms with van der Waals surface area (Å²) in [6, 6.07) is 0.